The predicted octanol–water partition coefficient (Wildman–Crippen LogP) is 4.51. The summed E-state index contributed by atoms with van der Waals surface area (Å²) in [4.78, 5) is 21.4. The Morgan fingerprint density at radius 1 is 1.09 bits per heavy atom. The predicted molar refractivity (Wildman–Crippen MR) is 128 cm³/mol. The first-order valence-electron chi connectivity index (χ1n) is 11.0. The van der Waals surface area contributed by atoms with Gasteiger partial charge in [0.25, 0.3) is 5.56 Å². The van der Waals surface area contributed by atoms with Crippen LogP contribution >= 0.6 is 0 Å². The Hall–Kier alpha value is -3.20. The Kier molecular flexibility index (Phi) is 6.25. The molecule has 2 aromatic heterocycles. The molecule has 4 rings (SSSR count). The first-order chi connectivity index (χ1) is 15.7. The van der Waals surface area contributed by atoms with Crippen molar-refractivity contribution in [2.24, 2.45) is 0 Å². The van der Waals surface area contributed by atoms with Gasteiger partial charge in [0.05, 0.1) is 11.4 Å². The minimum absolute atomic E-state index is 0.0220. The van der Waals surface area contributed by atoms with Gasteiger partial charge in [-0.15, -0.1) is 0 Å². The van der Waals surface area contributed by atoms with Crippen molar-refractivity contribution in [1.82, 2.24) is 14.5 Å². The van der Waals surface area contributed by atoms with Crippen LogP contribution in [0.5, 0.6) is 11.8 Å². The molecule has 0 spiro atoms. The third-order valence-corrected chi connectivity index (χ3v) is 6.96. The van der Waals surface area contributed by atoms with Gasteiger partial charge in [0.15, 0.2) is 0 Å². The van der Waals surface area contributed by atoms with Crippen LogP contribution in [0.15, 0.2) is 41.3 Å². The van der Waals surface area contributed by atoms with Crippen molar-refractivity contribution in [3.63, 3.8) is 0 Å². The Morgan fingerprint density at radius 3 is 2.42 bits per heavy atom. The van der Waals surface area contributed by atoms with E-state index in [-0.39, 0.29) is 29.2 Å². The monoisotopic (exact) mass is 468 g/mol. The Labute approximate surface area is 193 Å². The van der Waals surface area contributed by atoms with Gasteiger partial charge in [0, 0.05) is 29.4 Å². The number of aromatic nitrogens is 3. The quantitative estimate of drug-likeness (QED) is 0.522. The van der Waals surface area contributed by atoms with Crippen molar-refractivity contribution in [3.8, 4) is 23.0 Å². The second kappa shape index (κ2) is 8.97. The fourth-order valence-corrected chi connectivity index (χ4v) is 4.77. The van der Waals surface area contributed by atoms with Crippen LogP contribution in [-0.4, -0.2) is 28.7 Å². The normalized spacial score (nSPS) is 13.7. The number of hydrogen-bond donors (Lipinski definition) is 1. The molecule has 0 aliphatic heterocycles. The highest BCUT2D eigenvalue weighted by Crippen LogP contribution is 2.35. The number of anilines is 1. The summed E-state index contributed by atoms with van der Waals surface area (Å²) in [5, 5.41) is 0. The fraction of sp³-hybridized carbons (Fsp3) is 0.375. The number of benzene rings is 1. The van der Waals surface area contributed by atoms with Gasteiger partial charge in [0.1, 0.15) is 11.6 Å². The van der Waals surface area contributed by atoms with Crippen LogP contribution in [0.4, 0.5) is 5.82 Å². The smallest absolute Gasteiger partial charge is 0.324 e. The van der Waals surface area contributed by atoms with Crippen molar-refractivity contribution in [3.05, 3.63) is 63.6 Å². The molecule has 1 fully saturated rings. The molecule has 174 valence electrons. The second-order valence-corrected chi connectivity index (χ2v) is 10.4. The molecular weight excluding hydrogens is 440 g/mol. The number of nitrogens with one attached hydrogen (secondary N) is 1. The number of hydrogen-bond acceptors (Lipinski definition) is 6. The van der Waals surface area contributed by atoms with Gasteiger partial charge in [-0.2, -0.15) is 9.97 Å². The average molecular weight is 469 g/mol. The van der Waals surface area contributed by atoms with E-state index in [9.17, 15) is 13.2 Å². The zero-order valence-electron chi connectivity index (χ0n) is 19.3. The molecule has 1 aromatic carbocycles. The highest BCUT2D eigenvalue weighted by Gasteiger charge is 2.26. The van der Waals surface area contributed by atoms with Crippen LogP contribution in [-0.2, 0) is 10.0 Å². The van der Waals surface area contributed by atoms with E-state index < -0.39 is 10.0 Å². The van der Waals surface area contributed by atoms with Crippen molar-refractivity contribution >= 4 is 15.8 Å². The summed E-state index contributed by atoms with van der Waals surface area (Å²) in [6.45, 7) is 7.41. The molecule has 1 saturated carbocycles. The molecule has 2 heterocycles. The molecule has 0 amide bonds. The van der Waals surface area contributed by atoms with E-state index >= 15 is 0 Å². The van der Waals surface area contributed by atoms with Crippen LogP contribution in [0.25, 0.3) is 11.3 Å². The molecule has 0 atom stereocenters. The van der Waals surface area contributed by atoms with Crippen LogP contribution in [0, 0.1) is 20.8 Å². The summed E-state index contributed by atoms with van der Waals surface area (Å²) in [6.07, 6.45) is 4.19. The number of para-hydroxylation sites is 1. The zero-order chi connectivity index (χ0) is 23.8. The van der Waals surface area contributed by atoms with Gasteiger partial charge >= 0.3 is 6.01 Å². The van der Waals surface area contributed by atoms with Gasteiger partial charge in [0.2, 0.25) is 10.0 Å². The maximum atomic E-state index is 12.6. The van der Waals surface area contributed by atoms with E-state index in [1.807, 2.05) is 32.0 Å². The number of pyridine rings is 1. The summed E-state index contributed by atoms with van der Waals surface area (Å²) in [6, 6.07) is 9.34. The molecule has 0 unspecified atom stereocenters. The Bertz CT molecular complexity index is 1340. The summed E-state index contributed by atoms with van der Waals surface area (Å²) >= 11 is 0. The topological polar surface area (TPSA) is 103 Å². The second-order valence-electron chi connectivity index (χ2n) is 8.52. The molecule has 1 aliphatic rings. The van der Waals surface area contributed by atoms with Gasteiger partial charge in [-0.3, -0.25) is 9.52 Å². The molecule has 8 nitrogen and oxygen atoms in total. The van der Waals surface area contributed by atoms with E-state index in [1.165, 1.54) is 0 Å². The lowest BCUT2D eigenvalue weighted by atomic mass is 10.1. The number of aryl methyl sites for hydroxylation is 3. The van der Waals surface area contributed by atoms with Crippen LogP contribution in [0.3, 0.4) is 0 Å². The lowest BCUT2D eigenvalue weighted by Crippen LogP contribution is -2.21. The molecule has 9 heteroatoms. The molecule has 0 radical (unpaired) electrons. The van der Waals surface area contributed by atoms with Crippen LogP contribution in [0.2, 0.25) is 0 Å². The Balaban J connectivity index is 1.82. The van der Waals surface area contributed by atoms with Crippen LogP contribution < -0.4 is 15.0 Å². The SMILES string of the molecule is CCCS(=O)(=O)Nc1cc(-c2cc(C)c(=O)n(C3CC3)c2)nc(Oc2c(C)cccc2C)n1. The van der Waals surface area contributed by atoms with Gasteiger partial charge in [-0.25, -0.2) is 8.42 Å². The maximum Gasteiger partial charge on any atom is 0.324 e. The largest absolute Gasteiger partial charge is 0.424 e. The molecule has 1 N–H and O–H groups in total. The molecule has 0 saturated heterocycles. The number of nitrogens with zero attached hydrogens (tertiary/aromatic N) is 3. The summed E-state index contributed by atoms with van der Waals surface area (Å²) in [5.41, 5.74) is 3.57. The van der Waals surface area contributed by atoms with Crippen molar-refractivity contribution in [1.29, 1.82) is 0 Å². The minimum Gasteiger partial charge on any atom is -0.424 e. The van der Waals surface area contributed by atoms with E-state index in [0.29, 0.717) is 29.0 Å². The third-order valence-electron chi connectivity index (χ3n) is 5.50. The van der Waals surface area contributed by atoms with E-state index in [2.05, 4.69) is 14.7 Å². The van der Waals surface area contributed by atoms with Gasteiger partial charge in [-0.1, -0.05) is 25.1 Å². The van der Waals surface area contributed by atoms with Gasteiger partial charge < -0.3 is 9.30 Å². The maximum absolute atomic E-state index is 12.6. The average Bonchev–Trinajstić information content (AvgIpc) is 3.57. The first kappa shape index (κ1) is 23.0. The summed E-state index contributed by atoms with van der Waals surface area (Å²) in [7, 11) is -3.57. The lowest BCUT2D eigenvalue weighted by molar-refractivity contribution is 0.437. The number of ether oxygens (including phenoxy) is 1. The first-order valence-corrected chi connectivity index (χ1v) is 12.7. The third kappa shape index (κ3) is 5.24. The molecular formula is C24H28N4O4S. The van der Waals surface area contributed by atoms with Crippen molar-refractivity contribution < 1.29 is 13.2 Å². The zero-order valence-corrected chi connectivity index (χ0v) is 20.1. The van der Waals surface area contributed by atoms with Crippen molar-refractivity contribution in [2.75, 3.05) is 10.5 Å². The van der Waals surface area contributed by atoms with E-state index in [1.54, 1.807) is 36.7 Å². The summed E-state index contributed by atoms with van der Waals surface area (Å²) in [5.74, 6) is 0.720. The molecule has 1 aliphatic carbocycles. The van der Waals surface area contributed by atoms with Crippen LogP contribution in [0.1, 0.15) is 48.9 Å². The summed E-state index contributed by atoms with van der Waals surface area (Å²) < 4.78 is 35.1. The van der Waals surface area contributed by atoms with Gasteiger partial charge in [-0.05, 0) is 57.2 Å². The molecule has 3 aromatic rings. The minimum atomic E-state index is -3.57. The fourth-order valence-electron chi connectivity index (χ4n) is 3.71. The van der Waals surface area contributed by atoms with E-state index in [0.717, 1.165) is 24.0 Å². The van der Waals surface area contributed by atoms with E-state index in [4.69, 9.17) is 4.74 Å². The molecule has 0 bridgehead atoms. The Morgan fingerprint density at radius 2 is 1.79 bits per heavy atom. The highest BCUT2D eigenvalue weighted by molar-refractivity contribution is 7.92. The molecule has 33 heavy (non-hydrogen) atoms. The lowest BCUT2D eigenvalue weighted by Gasteiger charge is -2.14. The number of rotatable bonds is 8. The standard InChI is InChI=1S/C24H28N4O4S/c1-5-11-33(30,31)27-21-13-20(18-12-17(4)23(29)28(14-18)19-9-10-19)25-24(26-21)32-22-15(2)7-6-8-16(22)3/h6-8,12-14,19H,5,9-11H2,1-4H3,(H,25,26,27). The van der Waals surface area contributed by atoms with Crippen molar-refractivity contribution in [2.45, 2.75) is 53.0 Å². The highest BCUT2D eigenvalue weighted by atomic mass is 32.2. The number of sulfonamides is 1.